The Hall–Kier alpha value is -1.24. The Morgan fingerprint density at radius 3 is 1.85 bits per heavy atom. The maximum atomic E-state index is 5.69. The first kappa shape index (κ1) is 11.8. The molecule has 0 heterocycles. The summed E-state index contributed by atoms with van der Waals surface area (Å²) in [6.45, 7) is 15.6. The van der Waals surface area contributed by atoms with Gasteiger partial charge in [0.05, 0.1) is 0 Å². The van der Waals surface area contributed by atoms with Crippen LogP contribution in [0.1, 0.15) is 27.7 Å². The maximum absolute atomic E-state index is 5.69. The Bertz CT molecular complexity index is 286. The molecule has 1 nitrogen and oxygen atoms in total. The van der Waals surface area contributed by atoms with Gasteiger partial charge in [-0.3, -0.25) is 0 Å². The van der Waals surface area contributed by atoms with E-state index in [1.165, 1.54) is 0 Å². The van der Waals surface area contributed by atoms with Crippen molar-refractivity contribution < 1.29 is 0 Å². The molecule has 2 N–H and O–H groups in total. The Morgan fingerprint density at radius 1 is 1.08 bits per heavy atom. The van der Waals surface area contributed by atoms with E-state index in [4.69, 9.17) is 5.73 Å². The van der Waals surface area contributed by atoms with E-state index in [0.29, 0.717) is 0 Å². The molecule has 0 spiro atoms. The lowest BCUT2D eigenvalue weighted by molar-refractivity contribution is 1.18. The van der Waals surface area contributed by atoms with Crippen LogP contribution in [0.15, 0.2) is 47.2 Å². The number of allylic oxidation sites excluding steroid dienone is 6. The van der Waals surface area contributed by atoms with E-state index in [9.17, 15) is 0 Å². The van der Waals surface area contributed by atoms with Gasteiger partial charge in [-0.2, -0.15) is 0 Å². The van der Waals surface area contributed by atoms with Crippen molar-refractivity contribution in [1.82, 2.24) is 0 Å². The van der Waals surface area contributed by atoms with Gasteiger partial charge < -0.3 is 5.73 Å². The smallest absolute Gasteiger partial charge is 0.00844 e. The zero-order valence-electron chi connectivity index (χ0n) is 9.07. The highest BCUT2D eigenvalue weighted by Crippen LogP contribution is 2.21. The van der Waals surface area contributed by atoms with E-state index in [1.54, 1.807) is 0 Å². The number of hydrogen-bond acceptors (Lipinski definition) is 1. The van der Waals surface area contributed by atoms with Crippen LogP contribution in [-0.4, -0.2) is 0 Å². The highest BCUT2D eigenvalue weighted by atomic mass is 14.6. The summed E-state index contributed by atoms with van der Waals surface area (Å²) in [7, 11) is 0. The van der Waals surface area contributed by atoms with Gasteiger partial charge >= 0.3 is 0 Å². The first-order valence-corrected chi connectivity index (χ1v) is 4.34. The van der Waals surface area contributed by atoms with Gasteiger partial charge in [0.1, 0.15) is 0 Å². The van der Waals surface area contributed by atoms with Crippen LogP contribution < -0.4 is 5.73 Å². The second-order valence-corrected chi connectivity index (χ2v) is 3.30. The van der Waals surface area contributed by atoms with Gasteiger partial charge in [0, 0.05) is 5.70 Å². The summed E-state index contributed by atoms with van der Waals surface area (Å²) in [4.78, 5) is 0. The molecule has 13 heavy (non-hydrogen) atoms. The van der Waals surface area contributed by atoms with Crippen LogP contribution in [0.5, 0.6) is 0 Å². The molecule has 0 atom stereocenters. The quantitative estimate of drug-likeness (QED) is 0.657. The summed E-state index contributed by atoms with van der Waals surface area (Å²) >= 11 is 0. The Kier molecular flexibility index (Phi) is 4.26. The first-order chi connectivity index (χ1) is 5.91. The van der Waals surface area contributed by atoms with E-state index >= 15 is 0 Å². The third-order valence-corrected chi connectivity index (χ3v) is 2.39. The van der Waals surface area contributed by atoms with Crippen molar-refractivity contribution in [2.45, 2.75) is 27.7 Å². The normalized spacial score (nSPS) is 14.5. The fourth-order valence-electron chi connectivity index (χ4n) is 0.910. The average molecular weight is 177 g/mol. The minimum absolute atomic E-state index is 0.821. The third kappa shape index (κ3) is 2.94. The van der Waals surface area contributed by atoms with E-state index in [-0.39, 0.29) is 0 Å². The monoisotopic (exact) mass is 177 g/mol. The zero-order valence-corrected chi connectivity index (χ0v) is 9.07. The van der Waals surface area contributed by atoms with Crippen LogP contribution in [0.2, 0.25) is 0 Å². The number of nitrogens with two attached hydrogens (primary N) is 1. The lowest BCUT2D eigenvalue weighted by Crippen LogP contribution is -1.99. The average Bonchev–Trinajstić information content (AvgIpc) is 2.12. The van der Waals surface area contributed by atoms with E-state index < -0.39 is 0 Å². The molecule has 0 bridgehead atoms. The highest BCUT2D eigenvalue weighted by Gasteiger charge is 2.03. The standard InChI is InChI=1S/C12H19N/c1-7-8(2)9(3)10(4)11(5)12(6)13/h7H,1,4,13H2,2-3,5-6H3/b9-8-,12-11+. The van der Waals surface area contributed by atoms with Crippen LogP contribution in [-0.2, 0) is 0 Å². The van der Waals surface area contributed by atoms with Crippen molar-refractivity contribution in [3.8, 4) is 0 Å². The van der Waals surface area contributed by atoms with Crippen LogP contribution >= 0.6 is 0 Å². The Labute approximate surface area is 81.3 Å². The lowest BCUT2D eigenvalue weighted by atomic mass is 9.97. The van der Waals surface area contributed by atoms with Crippen LogP contribution in [0.3, 0.4) is 0 Å². The van der Waals surface area contributed by atoms with Gasteiger partial charge in [0.15, 0.2) is 0 Å². The molecule has 1 heteroatoms. The molecule has 0 aromatic heterocycles. The molecule has 0 amide bonds. The predicted octanol–water partition coefficient (Wildman–Crippen LogP) is 3.32. The summed E-state index contributed by atoms with van der Waals surface area (Å²) in [6, 6.07) is 0. The van der Waals surface area contributed by atoms with Crippen LogP contribution in [0, 0.1) is 0 Å². The van der Waals surface area contributed by atoms with Crippen molar-refractivity contribution in [2.24, 2.45) is 5.73 Å². The summed E-state index contributed by atoms with van der Waals surface area (Å²) < 4.78 is 0. The van der Waals surface area contributed by atoms with Gasteiger partial charge in [-0.05, 0) is 50.0 Å². The van der Waals surface area contributed by atoms with Gasteiger partial charge in [0.2, 0.25) is 0 Å². The summed E-state index contributed by atoms with van der Waals surface area (Å²) in [6.07, 6.45) is 1.83. The topological polar surface area (TPSA) is 26.0 Å². The fourth-order valence-corrected chi connectivity index (χ4v) is 0.910. The van der Waals surface area contributed by atoms with Crippen molar-refractivity contribution in [2.75, 3.05) is 0 Å². The first-order valence-electron chi connectivity index (χ1n) is 4.34. The van der Waals surface area contributed by atoms with Gasteiger partial charge in [-0.25, -0.2) is 0 Å². The molecule has 0 aliphatic carbocycles. The zero-order chi connectivity index (χ0) is 10.6. The minimum Gasteiger partial charge on any atom is -0.402 e. The molecule has 0 saturated carbocycles. The molecule has 0 aliphatic heterocycles. The molecule has 0 radical (unpaired) electrons. The van der Waals surface area contributed by atoms with Crippen molar-refractivity contribution >= 4 is 0 Å². The van der Waals surface area contributed by atoms with E-state index in [1.807, 2.05) is 33.8 Å². The van der Waals surface area contributed by atoms with Crippen LogP contribution in [0.25, 0.3) is 0 Å². The second kappa shape index (κ2) is 4.70. The molecule has 72 valence electrons. The van der Waals surface area contributed by atoms with Gasteiger partial charge in [-0.1, -0.05) is 19.2 Å². The third-order valence-electron chi connectivity index (χ3n) is 2.39. The Morgan fingerprint density at radius 2 is 1.54 bits per heavy atom. The second-order valence-electron chi connectivity index (χ2n) is 3.30. The molecule has 0 unspecified atom stereocenters. The van der Waals surface area contributed by atoms with Gasteiger partial charge in [0.25, 0.3) is 0 Å². The number of hydrogen-bond donors (Lipinski definition) is 1. The number of rotatable bonds is 3. The van der Waals surface area contributed by atoms with Crippen molar-refractivity contribution in [1.29, 1.82) is 0 Å². The summed E-state index contributed by atoms with van der Waals surface area (Å²) in [5.74, 6) is 0. The molecule has 0 fully saturated rings. The van der Waals surface area contributed by atoms with Crippen LogP contribution in [0.4, 0.5) is 0 Å². The summed E-state index contributed by atoms with van der Waals surface area (Å²) in [5.41, 5.74) is 10.9. The molecule has 0 aromatic rings. The Balaban J connectivity index is 5.05. The van der Waals surface area contributed by atoms with E-state index in [0.717, 1.165) is 28.0 Å². The van der Waals surface area contributed by atoms with Crippen molar-refractivity contribution in [3.05, 3.63) is 47.2 Å². The summed E-state index contributed by atoms with van der Waals surface area (Å²) in [5, 5.41) is 0. The van der Waals surface area contributed by atoms with Crippen molar-refractivity contribution in [3.63, 3.8) is 0 Å². The van der Waals surface area contributed by atoms with Gasteiger partial charge in [-0.15, -0.1) is 0 Å². The minimum atomic E-state index is 0.821. The molecule has 0 aromatic carbocycles. The molecule has 0 saturated heterocycles. The molecular formula is C12H19N. The molecule has 0 rings (SSSR count). The van der Waals surface area contributed by atoms with E-state index in [2.05, 4.69) is 13.2 Å². The lowest BCUT2D eigenvalue weighted by Gasteiger charge is -2.10. The highest BCUT2D eigenvalue weighted by molar-refractivity contribution is 5.47. The SMILES string of the molecule is C=C/C(C)=C(/C)C(=C)/C(C)=C(\C)N. The largest absolute Gasteiger partial charge is 0.402 e. The fraction of sp³-hybridized carbons (Fsp3) is 0.333. The predicted molar refractivity (Wildman–Crippen MR) is 60.3 cm³/mol. The maximum Gasteiger partial charge on any atom is 0.00844 e. The molecule has 0 aliphatic rings. The molecular weight excluding hydrogens is 158 g/mol.